The number of rotatable bonds is 5. The van der Waals surface area contributed by atoms with Crippen molar-refractivity contribution in [3.63, 3.8) is 0 Å². The average Bonchev–Trinajstić information content (AvgIpc) is 2.97. The van der Waals surface area contributed by atoms with E-state index >= 15 is 0 Å². The molecule has 0 amide bonds. The lowest BCUT2D eigenvalue weighted by atomic mass is 9.97. The summed E-state index contributed by atoms with van der Waals surface area (Å²) < 4.78 is 5.41. The van der Waals surface area contributed by atoms with Gasteiger partial charge in [-0.15, -0.1) is 11.3 Å². The summed E-state index contributed by atoms with van der Waals surface area (Å²) >= 11 is 1.88. The molecule has 0 atom stereocenters. The lowest BCUT2D eigenvalue weighted by Gasteiger charge is -2.26. The number of ether oxygens (including phenoxy) is 1. The van der Waals surface area contributed by atoms with E-state index in [1.165, 1.54) is 46.3 Å². The maximum atomic E-state index is 5.41. The molecule has 1 aliphatic carbocycles. The third-order valence-electron chi connectivity index (χ3n) is 4.97. The third kappa shape index (κ3) is 3.41. The molecule has 1 saturated heterocycles. The Hall–Kier alpha value is -1.24. The van der Waals surface area contributed by atoms with Gasteiger partial charge < -0.3 is 10.1 Å². The van der Waals surface area contributed by atoms with Crippen LogP contribution in [0.3, 0.4) is 0 Å². The van der Waals surface area contributed by atoms with Gasteiger partial charge in [-0.25, -0.2) is 9.97 Å². The second-order valence-corrected chi connectivity index (χ2v) is 7.83. The first-order valence-corrected chi connectivity index (χ1v) is 9.96. The zero-order chi connectivity index (χ0) is 16.4. The van der Waals surface area contributed by atoms with Gasteiger partial charge in [-0.05, 0) is 51.1 Å². The minimum Gasteiger partial charge on any atom is -0.379 e. The predicted octanol–water partition coefficient (Wildman–Crippen LogP) is 3.01. The molecule has 24 heavy (non-hydrogen) atoms. The highest BCUT2D eigenvalue weighted by Gasteiger charge is 2.20. The summed E-state index contributed by atoms with van der Waals surface area (Å²) in [6, 6.07) is 0. The molecule has 0 spiro atoms. The Balaban J connectivity index is 1.45. The maximum absolute atomic E-state index is 5.41. The van der Waals surface area contributed by atoms with Crippen LogP contribution in [0.2, 0.25) is 0 Å². The van der Waals surface area contributed by atoms with Crippen LogP contribution in [0, 0.1) is 6.92 Å². The molecule has 0 bridgehead atoms. The van der Waals surface area contributed by atoms with E-state index in [1.54, 1.807) is 0 Å². The zero-order valence-corrected chi connectivity index (χ0v) is 15.3. The predicted molar refractivity (Wildman–Crippen MR) is 99.2 cm³/mol. The Morgan fingerprint density at radius 2 is 2.00 bits per heavy atom. The van der Waals surface area contributed by atoms with Gasteiger partial charge in [0.05, 0.1) is 18.6 Å². The Bertz CT molecular complexity index is 709. The number of anilines is 1. The molecule has 0 unspecified atom stereocenters. The molecule has 3 heterocycles. The Labute approximate surface area is 147 Å². The van der Waals surface area contributed by atoms with E-state index in [4.69, 9.17) is 9.72 Å². The molecule has 130 valence electrons. The Morgan fingerprint density at radius 3 is 2.88 bits per heavy atom. The zero-order valence-electron chi connectivity index (χ0n) is 14.4. The number of nitrogens with zero attached hydrogens (tertiary/aromatic N) is 3. The van der Waals surface area contributed by atoms with Gasteiger partial charge in [0.15, 0.2) is 0 Å². The number of nitrogens with one attached hydrogen (secondary N) is 1. The summed E-state index contributed by atoms with van der Waals surface area (Å²) in [5, 5.41) is 4.90. The molecule has 1 aliphatic heterocycles. The number of aromatic nitrogens is 2. The first kappa shape index (κ1) is 16.2. The number of thiophene rings is 1. The highest BCUT2D eigenvalue weighted by molar-refractivity contribution is 7.19. The van der Waals surface area contributed by atoms with Crippen molar-refractivity contribution in [1.82, 2.24) is 14.9 Å². The molecular formula is C18H26N4OS. The molecule has 2 aromatic heterocycles. The molecule has 2 aromatic rings. The quantitative estimate of drug-likeness (QED) is 0.844. The van der Waals surface area contributed by atoms with E-state index in [-0.39, 0.29) is 0 Å². The number of hydrogen-bond acceptors (Lipinski definition) is 6. The fourth-order valence-electron chi connectivity index (χ4n) is 3.73. The van der Waals surface area contributed by atoms with Crippen molar-refractivity contribution in [2.45, 2.75) is 39.0 Å². The summed E-state index contributed by atoms with van der Waals surface area (Å²) in [5.41, 5.74) is 1.51. The van der Waals surface area contributed by atoms with E-state index in [2.05, 4.69) is 15.2 Å². The van der Waals surface area contributed by atoms with Crippen LogP contribution in [-0.2, 0) is 17.6 Å². The molecule has 1 fully saturated rings. The molecule has 0 saturated carbocycles. The Morgan fingerprint density at radius 1 is 1.17 bits per heavy atom. The lowest BCUT2D eigenvalue weighted by molar-refractivity contribution is 0.0378. The molecule has 2 aliphatic rings. The highest BCUT2D eigenvalue weighted by atomic mass is 32.1. The van der Waals surface area contributed by atoms with E-state index < -0.39 is 0 Å². The first-order chi connectivity index (χ1) is 11.8. The van der Waals surface area contributed by atoms with Gasteiger partial charge in [-0.1, -0.05) is 0 Å². The minimum absolute atomic E-state index is 0.872. The van der Waals surface area contributed by atoms with Crippen molar-refractivity contribution in [2.75, 3.05) is 44.7 Å². The van der Waals surface area contributed by atoms with E-state index in [0.717, 1.165) is 57.5 Å². The van der Waals surface area contributed by atoms with Gasteiger partial charge in [0, 0.05) is 24.5 Å². The second kappa shape index (κ2) is 7.33. The smallest absolute Gasteiger partial charge is 0.138 e. The van der Waals surface area contributed by atoms with Crippen molar-refractivity contribution in [2.24, 2.45) is 0 Å². The fraction of sp³-hybridized carbons (Fsp3) is 0.667. The van der Waals surface area contributed by atoms with E-state index in [0.29, 0.717) is 0 Å². The van der Waals surface area contributed by atoms with Gasteiger partial charge >= 0.3 is 0 Å². The molecule has 6 heteroatoms. The summed E-state index contributed by atoms with van der Waals surface area (Å²) in [5.74, 6) is 1.93. The van der Waals surface area contributed by atoms with Gasteiger partial charge in [0.2, 0.25) is 0 Å². The van der Waals surface area contributed by atoms with Crippen molar-refractivity contribution in [1.29, 1.82) is 0 Å². The van der Waals surface area contributed by atoms with Crippen LogP contribution < -0.4 is 5.32 Å². The number of morpholine rings is 1. The summed E-state index contributed by atoms with van der Waals surface area (Å²) in [6.45, 7) is 7.97. The largest absolute Gasteiger partial charge is 0.379 e. The standard InChI is InChI=1S/C18H26N4OS/c1-13-20-17(19-7-4-8-22-9-11-23-12-10-22)16-14-5-2-3-6-15(14)24-18(16)21-13/h2-12H2,1H3,(H,19,20,21). The van der Waals surface area contributed by atoms with E-state index in [1.807, 2.05) is 18.3 Å². The first-order valence-electron chi connectivity index (χ1n) is 9.14. The van der Waals surface area contributed by atoms with Crippen LogP contribution in [0.15, 0.2) is 0 Å². The Kier molecular flexibility index (Phi) is 4.96. The van der Waals surface area contributed by atoms with Crippen LogP contribution in [0.25, 0.3) is 10.2 Å². The molecule has 1 N–H and O–H groups in total. The number of fused-ring (bicyclic) bond motifs is 3. The summed E-state index contributed by atoms with van der Waals surface area (Å²) in [6.07, 6.45) is 6.14. The van der Waals surface area contributed by atoms with Gasteiger partial charge in [0.1, 0.15) is 16.5 Å². The van der Waals surface area contributed by atoms with Crippen LogP contribution in [0.5, 0.6) is 0 Å². The van der Waals surface area contributed by atoms with Crippen molar-refractivity contribution >= 4 is 27.4 Å². The second-order valence-electron chi connectivity index (χ2n) is 6.74. The summed E-state index contributed by atoms with van der Waals surface area (Å²) in [7, 11) is 0. The maximum Gasteiger partial charge on any atom is 0.138 e. The van der Waals surface area contributed by atoms with Gasteiger partial charge in [-0.2, -0.15) is 0 Å². The van der Waals surface area contributed by atoms with Crippen molar-refractivity contribution < 1.29 is 4.74 Å². The molecule has 5 nitrogen and oxygen atoms in total. The van der Waals surface area contributed by atoms with E-state index in [9.17, 15) is 0 Å². The monoisotopic (exact) mass is 346 g/mol. The highest BCUT2D eigenvalue weighted by Crippen LogP contribution is 2.38. The van der Waals surface area contributed by atoms with Gasteiger partial charge in [-0.3, -0.25) is 4.90 Å². The van der Waals surface area contributed by atoms with Crippen molar-refractivity contribution in [3.8, 4) is 0 Å². The topological polar surface area (TPSA) is 50.3 Å². The third-order valence-corrected chi connectivity index (χ3v) is 6.16. The molecule has 4 rings (SSSR count). The normalized spacial score (nSPS) is 18.7. The van der Waals surface area contributed by atoms with Crippen LogP contribution in [0.1, 0.15) is 35.5 Å². The fourth-order valence-corrected chi connectivity index (χ4v) is 5.03. The van der Waals surface area contributed by atoms with Crippen LogP contribution in [0.4, 0.5) is 5.82 Å². The van der Waals surface area contributed by atoms with Crippen molar-refractivity contribution in [3.05, 3.63) is 16.3 Å². The number of hydrogen-bond donors (Lipinski definition) is 1. The minimum atomic E-state index is 0.872. The molecular weight excluding hydrogens is 320 g/mol. The SMILES string of the molecule is Cc1nc(NCCCN2CCOCC2)c2c3c(sc2n1)CCCC3. The number of aryl methyl sites for hydroxylation is 3. The van der Waals surface area contributed by atoms with Gasteiger partial charge in [0.25, 0.3) is 0 Å². The molecule has 0 aromatic carbocycles. The summed E-state index contributed by atoms with van der Waals surface area (Å²) in [4.78, 5) is 14.6. The van der Waals surface area contributed by atoms with Crippen LogP contribution in [-0.4, -0.2) is 54.3 Å². The lowest BCUT2D eigenvalue weighted by Crippen LogP contribution is -2.37. The average molecular weight is 347 g/mol. The molecule has 0 radical (unpaired) electrons. The van der Waals surface area contributed by atoms with Crippen LogP contribution >= 0.6 is 11.3 Å².